The maximum absolute atomic E-state index is 13.1. The molecule has 0 aliphatic carbocycles. The summed E-state index contributed by atoms with van der Waals surface area (Å²) in [4.78, 5) is 17.6. The average molecular weight is 466 g/mol. The van der Waals surface area contributed by atoms with Crippen LogP contribution in [0.2, 0.25) is 0 Å². The molecule has 4 rings (SSSR count). The van der Waals surface area contributed by atoms with Crippen molar-refractivity contribution < 1.29 is 22.7 Å². The highest BCUT2D eigenvalue weighted by atomic mass is 32.2. The number of likely N-dealkylation sites (tertiary alicyclic amines) is 1. The zero-order valence-electron chi connectivity index (χ0n) is 19.1. The van der Waals surface area contributed by atoms with Crippen LogP contribution in [0.5, 0.6) is 0 Å². The Labute approximate surface area is 191 Å². The van der Waals surface area contributed by atoms with Gasteiger partial charge >= 0.3 is 0 Å². The van der Waals surface area contributed by atoms with E-state index in [2.05, 4.69) is 18.7 Å². The molecular weight excluding hydrogens is 430 g/mol. The highest BCUT2D eigenvalue weighted by Gasteiger charge is 2.30. The summed E-state index contributed by atoms with van der Waals surface area (Å²) >= 11 is 0. The fourth-order valence-corrected chi connectivity index (χ4v) is 6.48. The molecule has 2 atom stereocenters. The minimum absolute atomic E-state index is 0.0869. The van der Waals surface area contributed by atoms with Gasteiger partial charge in [-0.3, -0.25) is 9.69 Å². The number of nitrogens with zero attached hydrogens (tertiary/aromatic N) is 3. The van der Waals surface area contributed by atoms with Crippen LogP contribution in [0.1, 0.15) is 37.0 Å². The van der Waals surface area contributed by atoms with E-state index >= 15 is 0 Å². The molecule has 0 radical (unpaired) electrons. The average Bonchev–Trinajstić information content (AvgIpc) is 2.79. The zero-order valence-corrected chi connectivity index (χ0v) is 19.9. The number of ether oxygens (including phenoxy) is 2. The third-order valence-electron chi connectivity index (χ3n) is 6.60. The third-order valence-corrected chi connectivity index (χ3v) is 8.50. The van der Waals surface area contributed by atoms with Crippen LogP contribution in [0, 0.1) is 5.92 Å². The summed E-state index contributed by atoms with van der Waals surface area (Å²) in [5, 5.41) is 0. The summed E-state index contributed by atoms with van der Waals surface area (Å²) in [5.74, 6) is 0.487. The van der Waals surface area contributed by atoms with Gasteiger partial charge in [0, 0.05) is 51.4 Å². The SMILES string of the molecule is C[C@@H]1CN(CC2CCN(C(=O)c3cccc(S(=O)(=O)N4CCOCC4)c3)CC2)C[C@H](C)O1. The molecule has 0 aromatic heterocycles. The first-order chi connectivity index (χ1) is 15.3. The van der Waals surface area contributed by atoms with E-state index < -0.39 is 10.0 Å². The number of carbonyl (C=O) groups excluding carboxylic acids is 1. The molecule has 0 N–H and O–H groups in total. The van der Waals surface area contributed by atoms with Crippen LogP contribution in [0.4, 0.5) is 0 Å². The number of sulfonamides is 1. The van der Waals surface area contributed by atoms with Crippen LogP contribution in [0.3, 0.4) is 0 Å². The van der Waals surface area contributed by atoms with Gasteiger partial charge in [-0.2, -0.15) is 4.31 Å². The number of hydrogen-bond donors (Lipinski definition) is 0. The lowest BCUT2D eigenvalue weighted by atomic mass is 9.95. The second-order valence-corrected chi connectivity index (χ2v) is 11.2. The van der Waals surface area contributed by atoms with Crippen LogP contribution < -0.4 is 0 Å². The van der Waals surface area contributed by atoms with E-state index in [4.69, 9.17) is 9.47 Å². The Morgan fingerprint density at radius 1 is 1.03 bits per heavy atom. The van der Waals surface area contributed by atoms with Crippen molar-refractivity contribution in [2.24, 2.45) is 5.92 Å². The Morgan fingerprint density at radius 2 is 1.69 bits per heavy atom. The first-order valence-corrected chi connectivity index (χ1v) is 13.1. The lowest BCUT2D eigenvalue weighted by Gasteiger charge is -2.39. The van der Waals surface area contributed by atoms with Crippen molar-refractivity contribution in [2.75, 3.05) is 59.0 Å². The summed E-state index contributed by atoms with van der Waals surface area (Å²) in [7, 11) is -3.62. The molecule has 0 bridgehead atoms. The topological polar surface area (TPSA) is 79.4 Å². The normalized spacial score (nSPS) is 26.9. The summed E-state index contributed by atoms with van der Waals surface area (Å²) < 4.78 is 38.4. The van der Waals surface area contributed by atoms with Crippen LogP contribution >= 0.6 is 0 Å². The first kappa shape index (κ1) is 23.6. The molecule has 1 aromatic rings. The molecule has 3 saturated heterocycles. The zero-order chi connectivity index (χ0) is 22.7. The molecule has 0 unspecified atom stereocenters. The van der Waals surface area contributed by atoms with E-state index in [1.54, 1.807) is 18.2 Å². The standard InChI is InChI=1S/C23H35N3O5S/c1-18-15-24(16-19(2)31-18)17-20-6-8-25(9-7-20)23(27)21-4-3-5-22(14-21)32(28,29)26-10-12-30-13-11-26/h3-5,14,18-20H,6-13,15-17H2,1-2H3/t18-,19+. The second-order valence-electron chi connectivity index (χ2n) is 9.26. The van der Waals surface area contributed by atoms with Crippen molar-refractivity contribution in [3.63, 3.8) is 0 Å². The highest BCUT2D eigenvalue weighted by Crippen LogP contribution is 2.24. The molecular formula is C23H35N3O5S. The van der Waals surface area contributed by atoms with E-state index in [1.807, 2.05) is 4.90 Å². The Morgan fingerprint density at radius 3 is 2.34 bits per heavy atom. The summed E-state index contributed by atoms with van der Waals surface area (Å²) in [6, 6.07) is 6.46. The number of piperidine rings is 1. The van der Waals surface area contributed by atoms with Gasteiger partial charge in [-0.05, 0) is 50.8 Å². The van der Waals surface area contributed by atoms with Crippen molar-refractivity contribution in [1.82, 2.24) is 14.1 Å². The maximum Gasteiger partial charge on any atom is 0.253 e. The molecule has 1 aromatic carbocycles. The Bertz CT molecular complexity index is 885. The quantitative estimate of drug-likeness (QED) is 0.658. The molecule has 0 spiro atoms. The van der Waals surface area contributed by atoms with Crippen molar-refractivity contribution in [3.8, 4) is 0 Å². The van der Waals surface area contributed by atoms with E-state index in [9.17, 15) is 13.2 Å². The molecule has 3 aliphatic rings. The number of amides is 1. The van der Waals surface area contributed by atoms with Gasteiger partial charge in [0.05, 0.1) is 30.3 Å². The van der Waals surface area contributed by atoms with Gasteiger partial charge in [0.2, 0.25) is 10.0 Å². The smallest absolute Gasteiger partial charge is 0.253 e. The first-order valence-electron chi connectivity index (χ1n) is 11.7. The molecule has 9 heteroatoms. The summed E-state index contributed by atoms with van der Waals surface area (Å²) in [6.45, 7) is 10.1. The fraction of sp³-hybridized carbons (Fsp3) is 0.696. The monoisotopic (exact) mass is 465 g/mol. The van der Waals surface area contributed by atoms with E-state index in [0.29, 0.717) is 50.9 Å². The summed E-state index contributed by atoms with van der Waals surface area (Å²) in [5.41, 5.74) is 0.439. The lowest BCUT2D eigenvalue weighted by molar-refractivity contribution is -0.0728. The molecule has 3 aliphatic heterocycles. The van der Waals surface area contributed by atoms with Gasteiger partial charge in [-0.25, -0.2) is 8.42 Å². The molecule has 1 amide bonds. The predicted octanol–water partition coefficient (Wildman–Crippen LogP) is 1.67. The predicted molar refractivity (Wildman–Crippen MR) is 121 cm³/mol. The van der Waals surface area contributed by atoms with Crippen LogP contribution in [0.25, 0.3) is 0 Å². The molecule has 32 heavy (non-hydrogen) atoms. The Balaban J connectivity index is 1.35. The van der Waals surface area contributed by atoms with Crippen molar-refractivity contribution in [3.05, 3.63) is 29.8 Å². The molecule has 8 nitrogen and oxygen atoms in total. The number of benzene rings is 1. The van der Waals surface area contributed by atoms with Crippen LogP contribution in [-0.4, -0.2) is 99.7 Å². The third kappa shape index (κ3) is 5.51. The van der Waals surface area contributed by atoms with E-state index in [1.165, 1.54) is 10.4 Å². The highest BCUT2D eigenvalue weighted by molar-refractivity contribution is 7.89. The minimum atomic E-state index is -3.62. The minimum Gasteiger partial charge on any atom is -0.379 e. The van der Waals surface area contributed by atoms with Crippen molar-refractivity contribution >= 4 is 15.9 Å². The molecule has 3 fully saturated rings. The fourth-order valence-electron chi connectivity index (χ4n) is 5.03. The Hall–Kier alpha value is -1.52. The lowest BCUT2D eigenvalue weighted by Crippen LogP contribution is -2.48. The van der Waals surface area contributed by atoms with Crippen molar-refractivity contribution in [1.29, 1.82) is 0 Å². The molecule has 0 saturated carbocycles. The van der Waals surface area contributed by atoms with Gasteiger partial charge in [-0.15, -0.1) is 0 Å². The number of rotatable bonds is 5. The molecule has 178 valence electrons. The van der Waals surface area contributed by atoms with E-state index in [-0.39, 0.29) is 23.0 Å². The van der Waals surface area contributed by atoms with Gasteiger partial charge < -0.3 is 14.4 Å². The second kappa shape index (κ2) is 10.2. The van der Waals surface area contributed by atoms with Crippen molar-refractivity contribution in [2.45, 2.75) is 43.8 Å². The van der Waals surface area contributed by atoms with Crippen LogP contribution in [-0.2, 0) is 19.5 Å². The van der Waals surface area contributed by atoms with Gasteiger partial charge in [0.15, 0.2) is 0 Å². The molecule has 3 heterocycles. The Kier molecular flexibility index (Phi) is 7.51. The largest absolute Gasteiger partial charge is 0.379 e. The van der Waals surface area contributed by atoms with Gasteiger partial charge in [-0.1, -0.05) is 6.07 Å². The van der Waals surface area contributed by atoms with E-state index in [0.717, 1.165) is 32.5 Å². The number of carbonyl (C=O) groups is 1. The summed E-state index contributed by atoms with van der Waals surface area (Å²) in [6.07, 6.45) is 2.47. The number of hydrogen-bond acceptors (Lipinski definition) is 6. The number of morpholine rings is 2. The van der Waals surface area contributed by atoms with Crippen LogP contribution in [0.15, 0.2) is 29.2 Å². The maximum atomic E-state index is 13.1. The van der Waals surface area contributed by atoms with Gasteiger partial charge in [0.25, 0.3) is 5.91 Å². The van der Waals surface area contributed by atoms with Gasteiger partial charge in [0.1, 0.15) is 0 Å².